The molecule has 0 radical (unpaired) electrons. The van der Waals surface area contributed by atoms with Crippen LogP contribution in [-0.2, 0) is 9.53 Å². The Morgan fingerprint density at radius 3 is 2.15 bits per heavy atom. The lowest BCUT2D eigenvalue weighted by Crippen LogP contribution is -2.43. The summed E-state index contributed by atoms with van der Waals surface area (Å²) >= 11 is 1.50. The molecule has 168 valence electrons. The van der Waals surface area contributed by atoms with Gasteiger partial charge >= 0.3 is 6.09 Å². The molecule has 0 aliphatic rings. The Kier molecular flexibility index (Phi) is 8.20. The molecule has 3 N–H and O–H groups in total. The summed E-state index contributed by atoms with van der Waals surface area (Å²) in [6, 6.07) is 23.5. The Morgan fingerprint density at radius 1 is 0.848 bits per heavy atom. The predicted molar refractivity (Wildman–Crippen MR) is 128 cm³/mol. The number of nitrogens with zero attached hydrogens (tertiary/aromatic N) is 1. The summed E-state index contributed by atoms with van der Waals surface area (Å²) in [6.45, 7) is 1.38. The first-order valence-electron chi connectivity index (χ1n) is 9.89. The second-order valence-electron chi connectivity index (χ2n) is 6.67. The van der Waals surface area contributed by atoms with Crippen molar-refractivity contribution in [1.82, 2.24) is 10.6 Å². The molecule has 8 nitrogen and oxygen atoms in total. The van der Waals surface area contributed by atoms with Crippen LogP contribution in [0, 0.1) is 0 Å². The van der Waals surface area contributed by atoms with E-state index in [1.54, 1.807) is 42.5 Å². The average molecular weight is 463 g/mol. The van der Waals surface area contributed by atoms with Gasteiger partial charge in [0.2, 0.25) is 11.9 Å². The number of methoxy groups -OCH3 is 1. The van der Waals surface area contributed by atoms with Crippen LogP contribution in [0.2, 0.25) is 0 Å². The van der Waals surface area contributed by atoms with Gasteiger partial charge in [0, 0.05) is 22.3 Å². The Labute approximate surface area is 195 Å². The second kappa shape index (κ2) is 11.5. The van der Waals surface area contributed by atoms with Gasteiger partial charge in [-0.3, -0.25) is 20.2 Å². The molecule has 0 spiro atoms. The fraction of sp³-hybridized carbons (Fsp3) is 0.0833. The quantitative estimate of drug-likeness (QED) is 0.380. The standard InChI is InChI=1S/C24H22N4O4S/c1-16(29)25-20-14-13-19(33-18-11-7-4-8-12-18)15-21(20)26-23(28-24(31)32-2)27-22(30)17-9-5-3-6-10-17/h3-15H,1-2H3,(H,25,29)(H2,26,27,28,30,31). The highest BCUT2D eigenvalue weighted by Gasteiger charge is 2.14. The number of alkyl carbamates (subject to hydrolysis) is 1. The third-order valence-corrected chi connectivity index (χ3v) is 5.16. The summed E-state index contributed by atoms with van der Waals surface area (Å²) in [5.74, 6) is -0.906. The van der Waals surface area contributed by atoms with Gasteiger partial charge in [-0.05, 0) is 42.5 Å². The highest BCUT2D eigenvalue weighted by molar-refractivity contribution is 7.99. The Balaban J connectivity index is 1.97. The third kappa shape index (κ3) is 7.22. The van der Waals surface area contributed by atoms with E-state index in [1.165, 1.54) is 25.8 Å². The summed E-state index contributed by atoms with van der Waals surface area (Å²) in [7, 11) is 1.20. The van der Waals surface area contributed by atoms with Crippen molar-refractivity contribution in [2.75, 3.05) is 12.4 Å². The van der Waals surface area contributed by atoms with Gasteiger partial charge in [-0.15, -0.1) is 0 Å². The van der Waals surface area contributed by atoms with E-state index in [0.29, 0.717) is 16.9 Å². The first kappa shape index (κ1) is 23.6. The monoisotopic (exact) mass is 462 g/mol. The van der Waals surface area contributed by atoms with Crippen molar-refractivity contribution in [3.63, 3.8) is 0 Å². The number of aliphatic imine (C=N–C) groups is 1. The maximum Gasteiger partial charge on any atom is 0.413 e. The van der Waals surface area contributed by atoms with Crippen LogP contribution in [-0.4, -0.2) is 31.0 Å². The van der Waals surface area contributed by atoms with Crippen LogP contribution < -0.4 is 16.0 Å². The largest absolute Gasteiger partial charge is 0.453 e. The minimum absolute atomic E-state index is 0.149. The van der Waals surface area contributed by atoms with Gasteiger partial charge in [0.25, 0.3) is 5.91 Å². The minimum Gasteiger partial charge on any atom is -0.453 e. The number of amides is 3. The molecule has 9 heteroatoms. The summed E-state index contributed by atoms with van der Waals surface area (Å²) < 4.78 is 4.65. The van der Waals surface area contributed by atoms with E-state index in [9.17, 15) is 14.4 Å². The highest BCUT2D eigenvalue weighted by Crippen LogP contribution is 2.34. The van der Waals surface area contributed by atoms with E-state index < -0.39 is 12.0 Å². The van der Waals surface area contributed by atoms with E-state index in [1.807, 2.05) is 36.4 Å². The van der Waals surface area contributed by atoms with Crippen LogP contribution in [0.15, 0.2) is 93.6 Å². The number of carbonyl (C=O) groups excluding carboxylic acids is 3. The molecule has 0 saturated carbocycles. The zero-order chi connectivity index (χ0) is 23.6. The normalized spacial score (nSPS) is 10.8. The van der Waals surface area contributed by atoms with Crippen LogP contribution in [0.5, 0.6) is 0 Å². The maximum absolute atomic E-state index is 12.6. The van der Waals surface area contributed by atoms with Gasteiger partial charge in [-0.2, -0.15) is 0 Å². The molecule has 0 aliphatic heterocycles. The second-order valence-corrected chi connectivity index (χ2v) is 7.82. The molecule has 0 saturated heterocycles. The molecule has 3 aromatic rings. The van der Waals surface area contributed by atoms with Crippen molar-refractivity contribution in [3.8, 4) is 0 Å². The number of benzene rings is 3. The number of nitrogens with one attached hydrogen (secondary N) is 3. The minimum atomic E-state index is -0.807. The number of hydrogen-bond donors (Lipinski definition) is 3. The number of rotatable bonds is 5. The molecule has 3 rings (SSSR count). The predicted octanol–water partition coefficient (Wildman–Crippen LogP) is 4.57. The highest BCUT2D eigenvalue weighted by atomic mass is 32.2. The van der Waals surface area contributed by atoms with Crippen molar-refractivity contribution in [2.45, 2.75) is 16.7 Å². The molecule has 33 heavy (non-hydrogen) atoms. The number of hydrogen-bond acceptors (Lipinski definition) is 6. The number of guanidine groups is 1. The van der Waals surface area contributed by atoms with Crippen LogP contribution in [0.3, 0.4) is 0 Å². The Bertz CT molecular complexity index is 1170. The first-order chi connectivity index (χ1) is 15.9. The summed E-state index contributed by atoms with van der Waals surface area (Å²) in [5, 5.41) is 7.69. The van der Waals surface area contributed by atoms with Crippen LogP contribution >= 0.6 is 11.8 Å². The number of ether oxygens (including phenoxy) is 1. The summed E-state index contributed by atoms with van der Waals surface area (Å²) in [4.78, 5) is 42.5. The lowest BCUT2D eigenvalue weighted by Gasteiger charge is -2.13. The molecule has 0 fully saturated rings. The van der Waals surface area contributed by atoms with E-state index in [4.69, 9.17) is 0 Å². The van der Waals surface area contributed by atoms with Gasteiger partial charge in [0.1, 0.15) is 0 Å². The molecule has 0 aromatic heterocycles. The molecular weight excluding hydrogens is 440 g/mol. The van der Waals surface area contributed by atoms with E-state index in [0.717, 1.165) is 9.79 Å². The van der Waals surface area contributed by atoms with Crippen molar-refractivity contribution in [2.24, 2.45) is 4.99 Å². The summed E-state index contributed by atoms with van der Waals surface area (Å²) in [5.41, 5.74) is 1.14. The van der Waals surface area contributed by atoms with E-state index in [2.05, 4.69) is 25.7 Å². The van der Waals surface area contributed by atoms with Gasteiger partial charge in [-0.1, -0.05) is 48.2 Å². The molecule has 0 heterocycles. The lowest BCUT2D eigenvalue weighted by atomic mass is 10.2. The molecule has 0 unspecified atom stereocenters. The van der Waals surface area contributed by atoms with E-state index in [-0.39, 0.29) is 11.9 Å². The Hall–Kier alpha value is -4.11. The lowest BCUT2D eigenvalue weighted by molar-refractivity contribution is -0.114. The summed E-state index contributed by atoms with van der Waals surface area (Å²) in [6.07, 6.45) is -0.807. The smallest absolute Gasteiger partial charge is 0.413 e. The fourth-order valence-corrected chi connectivity index (χ4v) is 3.58. The topological polar surface area (TPSA) is 109 Å². The number of anilines is 1. The van der Waals surface area contributed by atoms with Gasteiger partial charge < -0.3 is 10.1 Å². The first-order valence-corrected chi connectivity index (χ1v) is 10.7. The molecule has 0 bridgehead atoms. The van der Waals surface area contributed by atoms with Crippen LogP contribution in [0.1, 0.15) is 17.3 Å². The average Bonchev–Trinajstić information content (AvgIpc) is 2.81. The fourth-order valence-electron chi connectivity index (χ4n) is 2.71. The van der Waals surface area contributed by atoms with Crippen molar-refractivity contribution in [1.29, 1.82) is 0 Å². The zero-order valence-corrected chi connectivity index (χ0v) is 18.8. The van der Waals surface area contributed by atoms with Crippen LogP contribution in [0.25, 0.3) is 0 Å². The van der Waals surface area contributed by atoms with Gasteiger partial charge in [0.15, 0.2) is 0 Å². The van der Waals surface area contributed by atoms with Gasteiger partial charge in [-0.25, -0.2) is 9.79 Å². The molecule has 0 aliphatic carbocycles. The van der Waals surface area contributed by atoms with Crippen molar-refractivity contribution in [3.05, 3.63) is 84.4 Å². The van der Waals surface area contributed by atoms with Crippen molar-refractivity contribution < 1.29 is 19.1 Å². The van der Waals surface area contributed by atoms with Crippen molar-refractivity contribution >= 4 is 47.0 Å². The molecule has 3 aromatic carbocycles. The van der Waals surface area contributed by atoms with Crippen LogP contribution in [0.4, 0.5) is 16.2 Å². The molecule has 3 amide bonds. The molecular formula is C24H22N4O4S. The van der Waals surface area contributed by atoms with E-state index >= 15 is 0 Å². The third-order valence-electron chi connectivity index (χ3n) is 4.16. The SMILES string of the molecule is COC(=O)NC(=Nc1cc(Sc2ccccc2)ccc1NC(C)=O)NC(=O)c1ccccc1. The van der Waals surface area contributed by atoms with Gasteiger partial charge in [0.05, 0.1) is 18.5 Å². The Morgan fingerprint density at radius 2 is 1.52 bits per heavy atom. The zero-order valence-electron chi connectivity index (χ0n) is 18.0. The maximum atomic E-state index is 12.6. The molecule has 0 atom stereocenters. The number of carbonyl (C=O) groups is 3.